The first-order valence-corrected chi connectivity index (χ1v) is 18.4. The van der Waals surface area contributed by atoms with Gasteiger partial charge in [0.2, 0.25) is 0 Å². The van der Waals surface area contributed by atoms with Gasteiger partial charge in [-0.3, -0.25) is 0 Å². The Morgan fingerprint density at radius 2 is 1.62 bits per heavy atom. The molecule has 50 heavy (non-hydrogen) atoms. The van der Waals surface area contributed by atoms with E-state index < -0.39 is 85.1 Å². The third-order valence-electron chi connectivity index (χ3n) is 14.4. The highest BCUT2D eigenvalue weighted by atomic mass is 16.7. The molecule has 0 amide bonds. The van der Waals surface area contributed by atoms with E-state index in [4.69, 9.17) is 28.4 Å². The number of esters is 1. The second kappa shape index (κ2) is 13.5. The highest BCUT2D eigenvalue weighted by Gasteiger charge is 2.70. The first-order valence-electron chi connectivity index (χ1n) is 18.4. The normalized spacial score (nSPS) is 55.1. The van der Waals surface area contributed by atoms with Gasteiger partial charge in [-0.05, 0) is 80.6 Å². The van der Waals surface area contributed by atoms with Crippen LogP contribution in [0, 0.1) is 34.5 Å². The molecule has 19 atom stereocenters. The zero-order valence-electron chi connectivity index (χ0n) is 29.4. The molecule has 284 valence electrons. The standard InChI is InChI=1S/C36H56O14/c1-16-30(50-32-28(42)27(41)26(40)23(14-37)49-32)31(45-4)29(43)33(47-16)48-19-7-9-34(2)18(12-19)5-6-21-20(34)8-10-35(3)25(17-11-24(39)46-15-17)22(38)13-36(21,35)44/h11,16,18-23,25-33,37-38,40-44H,5-10,12-15H2,1-4H3/t16-,18+,19-,20+,21+,22-,23-,25-,26-,27+,28-,29-,30-,31-,32+,33+,34-,35+,36-/m0/s1. The van der Waals surface area contributed by atoms with Crippen LogP contribution in [0.4, 0.5) is 0 Å². The van der Waals surface area contributed by atoms with Gasteiger partial charge in [-0.15, -0.1) is 0 Å². The number of hydrogen-bond donors (Lipinski definition) is 7. The van der Waals surface area contributed by atoms with Crippen molar-refractivity contribution in [2.24, 2.45) is 34.5 Å². The molecule has 14 nitrogen and oxygen atoms in total. The van der Waals surface area contributed by atoms with Crippen LogP contribution in [0.3, 0.4) is 0 Å². The second-order valence-corrected chi connectivity index (χ2v) is 16.7. The maximum atomic E-state index is 12.5. The maximum absolute atomic E-state index is 12.5. The molecule has 14 heteroatoms. The maximum Gasteiger partial charge on any atom is 0.331 e. The predicted octanol–water partition coefficient (Wildman–Crippen LogP) is -0.0948. The highest BCUT2D eigenvalue weighted by molar-refractivity contribution is 5.85. The van der Waals surface area contributed by atoms with Crippen molar-refractivity contribution in [2.75, 3.05) is 20.3 Å². The number of rotatable bonds is 7. The molecule has 6 fully saturated rings. The summed E-state index contributed by atoms with van der Waals surface area (Å²) in [5.41, 5.74) is -0.841. The number of aliphatic hydroxyl groups is 7. The number of methoxy groups -OCH3 is 1. The van der Waals surface area contributed by atoms with E-state index in [0.29, 0.717) is 12.3 Å². The lowest BCUT2D eigenvalue weighted by Gasteiger charge is -2.63. The van der Waals surface area contributed by atoms with Gasteiger partial charge >= 0.3 is 5.97 Å². The summed E-state index contributed by atoms with van der Waals surface area (Å²) in [4.78, 5) is 11.9. The molecule has 7 rings (SSSR count). The first kappa shape index (κ1) is 37.1. The van der Waals surface area contributed by atoms with Crippen LogP contribution < -0.4 is 0 Å². The van der Waals surface area contributed by atoms with Gasteiger partial charge in [-0.1, -0.05) is 13.8 Å². The summed E-state index contributed by atoms with van der Waals surface area (Å²) in [6.07, 6.45) is -5.43. The third kappa shape index (κ3) is 5.72. The Morgan fingerprint density at radius 3 is 2.30 bits per heavy atom. The van der Waals surface area contributed by atoms with Gasteiger partial charge < -0.3 is 64.2 Å². The Balaban J connectivity index is 1.000. The summed E-state index contributed by atoms with van der Waals surface area (Å²) >= 11 is 0. The summed E-state index contributed by atoms with van der Waals surface area (Å²) < 4.78 is 35.0. The van der Waals surface area contributed by atoms with E-state index in [1.165, 1.54) is 13.2 Å². The summed E-state index contributed by atoms with van der Waals surface area (Å²) in [7, 11) is 1.42. The molecule has 3 heterocycles. The van der Waals surface area contributed by atoms with Crippen molar-refractivity contribution in [3.05, 3.63) is 11.6 Å². The first-order chi connectivity index (χ1) is 23.7. The third-order valence-corrected chi connectivity index (χ3v) is 14.4. The van der Waals surface area contributed by atoms with Crippen molar-refractivity contribution in [3.8, 4) is 0 Å². The van der Waals surface area contributed by atoms with E-state index in [9.17, 15) is 40.5 Å². The number of hydrogen-bond acceptors (Lipinski definition) is 14. The monoisotopic (exact) mass is 712 g/mol. The number of cyclic esters (lactones) is 1. The smallest absolute Gasteiger partial charge is 0.331 e. The second-order valence-electron chi connectivity index (χ2n) is 16.7. The lowest BCUT2D eigenvalue weighted by molar-refractivity contribution is -0.362. The number of ether oxygens (including phenoxy) is 6. The molecule has 0 aromatic rings. The van der Waals surface area contributed by atoms with E-state index in [0.717, 1.165) is 50.5 Å². The molecule has 0 unspecified atom stereocenters. The van der Waals surface area contributed by atoms with Crippen LogP contribution >= 0.6 is 0 Å². The molecule has 0 bridgehead atoms. The van der Waals surface area contributed by atoms with Crippen LogP contribution in [0.25, 0.3) is 0 Å². The van der Waals surface area contributed by atoms with Crippen LogP contribution in [-0.2, 0) is 33.2 Å². The molecule has 7 N–H and O–H groups in total. The lowest BCUT2D eigenvalue weighted by Crippen LogP contribution is -2.64. The van der Waals surface area contributed by atoms with E-state index in [2.05, 4.69) is 13.8 Å². The van der Waals surface area contributed by atoms with Crippen molar-refractivity contribution in [1.29, 1.82) is 0 Å². The summed E-state index contributed by atoms with van der Waals surface area (Å²) in [5, 5.41) is 75.7. The van der Waals surface area contributed by atoms with Crippen molar-refractivity contribution in [3.63, 3.8) is 0 Å². The number of aliphatic hydroxyl groups excluding tert-OH is 6. The average Bonchev–Trinajstić information content (AvgIpc) is 3.59. The molecule has 0 aromatic carbocycles. The quantitative estimate of drug-likeness (QED) is 0.136. The molecule has 7 aliphatic rings. The minimum Gasteiger partial charge on any atom is -0.458 e. The lowest BCUT2D eigenvalue weighted by atomic mass is 9.43. The minimum atomic E-state index is -1.61. The molecule has 0 radical (unpaired) electrons. The highest BCUT2D eigenvalue weighted by Crippen LogP contribution is 2.70. The number of carbonyl (C=O) groups excluding carboxylic acids is 1. The molecular weight excluding hydrogens is 656 g/mol. The Bertz CT molecular complexity index is 1300. The van der Waals surface area contributed by atoms with Crippen molar-refractivity contribution < 1.29 is 69.0 Å². The van der Waals surface area contributed by atoms with Crippen LogP contribution in [0.5, 0.6) is 0 Å². The zero-order valence-corrected chi connectivity index (χ0v) is 29.4. The molecule has 0 aromatic heterocycles. The fourth-order valence-corrected chi connectivity index (χ4v) is 11.7. The molecule has 2 saturated heterocycles. The molecular formula is C36H56O14. The van der Waals surface area contributed by atoms with Crippen LogP contribution in [0.1, 0.15) is 72.1 Å². The summed E-state index contributed by atoms with van der Waals surface area (Å²) in [5.74, 6) is -0.0506. The molecule has 0 spiro atoms. The van der Waals surface area contributed by atoms with Gasteiger partial charge in [0.05, 0.1) is 30.5 Å². The van der Waals surface area contributed by atoms with Gasteiger partial charge in [0.25, 0.3) is 0 Å². The Hall–Kier alpha value is -1.27. The summed E-state index contributed by atoms with van der Waals surface area (Å²) in [6, 6.07) is 0. The average molecular weight is 713 g/mol. The van der Waals surface area contributed by atoms with Crippen molar-refractivity contribution in [2.45, 2.75) is 151 Å². The molecule has 4 saturated carbocycles. The SMILES string of the molecule is CO[C@H]1[C@H](O)[C@@H](O[C@H]2CC[C@@]3(C)[C@H](CC[C@@H]4[C@H]3CC[C@]3(C)[C@@H](C5=CC(=O)OC5)[C@@H](O)C[C@]43O)C2)O[C@@H](C)[C@@H]1O[C@H]1O[C@@H](CO)[C@H](O)[C@@H](O)[C@@H]1O. The summed E-state index contributed by atoms with van der Waals surface area (Å²) in [6.45, 7) is 5.74. The molecule has 4 aliphatic carbocycles. The predicted molar refractivity (Wildman–Crippen MR) is 172 cm³/mol. The van der Waals surface area contributed by atoms with Crippen LogP contribution in [-0.4, -0.2) is 141 Å². The van der Waals surface area contributed by atoms with E-state index in [-0.39, 0.29) is 41.8 Å². The van der Waals surface area contributed by atoms with Gasteiger partial charge in [-0.2, -0.15) is 0 Å². The van der Waals surface area contributed by atoms with Crippen molar-refractivity contribution in [1.82, 2.24) is 0 Å². The molecule has 3 aliphatic heterocycles. The van der Waals surface area contributed by atoms with Crippen LogP contribution in [0.15, 0.2) is 11.6 Å². The van der Waals surface area contributed by atoms with Gasteiger partial charge in [-0.25, -0.2) is 4.79 Å². The van der Waals surface area contributed by atoms with E-state index >= 15 is 0 Å². The topological polar surface area (TPSA) is 214 Å². The van der Waals surface area contributed by atoms with Gasteiger partial charge in [0.15, 0.2) is 12.6 Å². The Morgan fingerprint density at radius 1 is 0.880 bits per heavy atom. The number of carbonyl (C=O) groups is 1. The zero-order chi connectivity index (χ0) is 35.9. The number of fused-ring (bicyclic) bond motifs is 5. The van der Waals surface area contributed by atoms with Crippen LogP contribution in [0.2, 0.25) is 0 Å². The fraction of sp³-hybridized carbons (Fsp3) is 0.917. The van der Waals surface area contributed by atoms with Gasteiger partial charge in [0.1, 0.15) is 49.3 Å². The minimum absolute atomic E-state index is 0.0330. The fourth-order valence-electron chi connectivity index (χ4n) is 11.7. The van der Waals surface area contributed by atoms with E-state index in [1.54, 1.807) is 6.92 Å². The van der Waals surface area contributed by atoms with E-state index in [1.807, 2.05) is 0 Å². The largest absolute Gasteiger partial charge is 0.458 e. The Kier molecular flexibility index (Phi) is 10.0. The Labute approximate surface area is 292 Å². The van der Waals surface area contributed by atoms with Crippen molar-refractivity contribution >= 4 is 5.97 Å². The van der Waals surface area contributed by atoms with Gasteiger partial charge in [0, 0.05) is 30.9 Å².